The lowest BCUT2D eigenvalue weighted by atomic mass is 9.81. The molecule has 0 unspecified atom stereocenters. The number of likely N-dealkylation sites (tertiary alicyclic amines) is 1. The lowest BCUT2D eigenvalue weighted by Crippen LogP contribution is -2.44. The van der Waals surface area contributed by atoms with Gasteiger partial charge in [-0.3, -0.25) is 9.88 Å². The number of cyclic esters (lactones) is 1. The van der Waals surface area contributed by atoms with Gasteiger partial charge in [0.15, 0.2) is 0 Å². The topological polar surface area (TPSA) is 109 Å². The van der Waals surface area contributed by atoms with E-state index in [1.807, 2.05) is 43.6 Å². The lowest BCUT2D eigenvalue weighted by Gasteiger charge is -2.35. The summed E-state index contributed by atoms with van der Waals surface area (Å²) in [5.41, 5.74) is 2.19. The van der Waals surface area contributed by atoms with Gasteiger partial charge in [-0.05, 0) is 78.9 Å². The van der Waals surface area contributed by atoms with E-state index in [0.717, 1.165) is 42.3 Å². The fourth-order valence-corrected chi connectivity index (χ4v) is 6.13. The summed E-state index contributed by atoms with van der Waals surface area (Å²) in [6.45, 7) is 15.4. The van der Waals surface area contributed by atoms with Crippen LogP contribution in [0.15, 0.2) is 42.7 Å². The van der Waals surface area contributed by atoms with E-state index in [1.165, 1.54) is 0 Å². The Morgan fingerprint density at radius 2 is 1.84 bits per heavy atom. The van der Waals surface area contributed by atoms with Gasteiger partial charge in [0.1, 0.15) is 24.1 Å². The van der Waals surface area contributed by atoms with Crippen molar-refractivity contribution in [1.82, 2.24) is 24.8 Å². The monoisotopic (exact) mass is 586 g/mol. The Labute approximate surface area is 253 Å². The van der Waals surface area contributed by atoms with Crippen LogP contribution in [0.1, 0.15) is 65.1 Å². The Balaban J connectivity index is 1.34. The second kappa shape index (κ2) is 11.0. The minimum absolute atomic E-state index is 0.0643. The number of aromatic nitrogens is 4. The van der Waals surface area contributed by atoms with Crippen LogP contribution in [0.5, 0.6) is 0 Å². The van der Waals surface area contributed by atoms with Gasteiger partial charge >= 0.3 is 6.09 Å². The molecule has 2 saturated heterocycles. The molecule has 0 spiro atoms. The molecule has 43 heavy (non-hydrogen) atoms. The Bertz CT molecular complexity index is 1490. The predicted octanol–water partition coefficient (Wildman–Crippen LogP) is 5.39. The van der Waals surface area contributed by atoms with E-state index in [4.69, 9.17) is 29.4 Å². The van der Waals surface area contributed by atoms with Crippen molar-refractivity contribution in [3.05, 3.63) is 54.0 Å². The molecule has 1 amide bonds. The van der Waals surface area contributed by atoms with E-state index in [0.29, 0.717) is 36.7 Å². The number of nitrogens with zero attached hydrogens (tertiary/aromatic N) is 7. The summed E-state index contributed by atoms with van der Waals surface area (Å²) in [6, 6.07) is 9.67. The largest absolute Gasteiger partial charge is 0.447 e. The lowest BCUT2D eigenvalue weighted by molar-refractivity contribution is -0.0300. The normalized spacial score (nSPS) is 25.7. The molecule has 4 atom stereocenters. The Kier molecular flexibility index (Phi) is 7.50. The van der Waals surface area contributed by atoms with Crippen LogP contribution in [-0.4, -0.2) is 82.0 Å². The molecule has 3 aliphatic heterocycles. The summed E-state index contributed by atoms with van der Waals surface area (Å²) in [6.07, 6.45) is 4.49. The van der Waals surface area contributed by atoms with Crippen LogP contribution in [-0.2, 0) is 14.9 Å². The molecule has 11 heteroatoms. The summed E-state index contributed by atoms with van der Waals surface area (Å²) in [5, 5.41) is 3.36. The van der Waals surface area contributed by atoms with Gasteiger partial charge in [0.05, 0.1) is 30.1 Å². The molecule has 0 aromatic carbocycles. The Morgan fingerprint density at radius 1 is 1.07 bits per heavy atom. The third kappa shape index (κ3) is 5.63. The van der Waals surface area contributed by atoms with Crippen LogP contribution in [0, 0.1) is 0 Å². The fourth-order valence-electron chi connectivity index (χ4n) is 6.13. The molecular formula is C32H42N8O3. The molecule has 2 fully saturated rings. The van der Waals surface area contributed by atoms with Gasteiger partial charge in [-0.25, -0.2) is 14.8 Å². The van der Waals surface area contributed by atoms with Crippen molar-refractivity contribution in [1.29, 1.82) is 0 Å². The minimum Gasteiger partial charge on any atom is -0.447 e. The summed E-state index contributed by atoms with van der Waals surface area (Å²) in [7, 11) is 2.15. The maximum absolute atomic E-state index is 12.5. The van der Waals surface area contributed by atoms with Crippen LogP contribution in [0.4, 0.5) is 33.9 Å². The zero-order chi connectivity index (χ0) is 30.5. The first kappa shape index (κ1) is 29.3. The van der Waals surface area contributed by atoms with Crippen molar-refractivity contribution < 1.29 is 14.3 Å². The van der Waals surface area contributed by atoms with E-state index in [1.54, 1.807) is 4.90 Å². The first-order chi connectivity index (χ1) is 20.4. The summed E-state index contributed by atoms with van der Waals surface area (Å²) in [5.74, 6) is 2.93. The van der Waals surface area contributed by atoms with Crippen LogP contribution >= 0.6 is 0 Å². The zero-order valence-electron chi connectivity index (χ0n) is 26.2. The maximum atomic E-state index is 12.5. The molecule has 1 N–H and O–H groups in total. The maximum Gasteiger partial charge on any atom is 0.415 e. The number of rotatable bonds is 7. The van der Waals surface area contributed by atoms with Crippen molar-refractivity contribution in [3.8, 4) is 0 Å². The number of fused-ring (bicyclic) bond motifs is 1. The molecule has 0 bridgehead atoms. The number of amides is 1. The van der Waals surface area contributed by atoms with Crippen molar-refractivity contribution in [2.45, 2.75) is 77.0 Å². The quantitative estimate of drug-likeness (QED) is 0.387. The van der Waals surface area contributed by atoms with Crippen molar-refractivity contribution in [2.24, 2.45) is 0 Å². The Morgan fingerprint density at radius 3 is 2.47 bits per heavy atom. The summed E-state index contributed by atoms with van der Waals surface area (Å²) in [4.78, 5) is 38.0. The van der Waals surface area contributed by atoms with Gasteiger partial charge in [-0.1, -0.05) is 13.0 Å². The number of hydrogen-bond donors (Lipinski definition) is 1. The van der Waals surface area contributed by atoms with Gasteiger partial charge in [-0.2, -0.15) is 4.98 Å². The number of anilines is 5. The van der Waals surface area contributed by atoms with Gasteiger partial charge in [0, 0.05) is 41.4 Å². The number of likely N-dealkylation sites (N-methyl/N-ethyl adjacent to an activating group) is 1. The summed E-state index contributed by atoms with van der Waals surface area (Å²) >= 11 is 0. The molecule has 228 valence electrons. The van der Waals surface area contributed by atoms with Crippen LogP contribution in [0.3, 0.4) is 0 Å². The molecule has 3 aliphatic rings. The third-order valence-electron chi connectivity index (χ3n) is 8.88. The molecule has 0 radical (unpaired) electrons. The van der Waals surface area contributed by atoms with E-state index >= 15 is 0 Å². The second-order valence-corrected chi connectivity index (χ2v) is 13.3. The SMILES string of the molecule is C[C@@H]1N(c2cccc(N3C(=O)OC[C@@H]3C)n2)c2nc(Nc3ccc([C@H]4CCN(C)C4)nc3)ncc2[C@]1(C)COC(C)(C)C. The second-order valence-electron chi connectivity index (χ2n) is 13.3. The number of carbonyl (C=O) groups is 1. The third-order valence-corrected chi connectivity index (χ3v) is 8.88. The number of hydrogen-bond acceptors (Lipinski definition) is 10. The molecule has 3 aromatic heterocycles. The van der Waals surface area contributed by atoms with Crippen LogP contribution < -0.4 is 15.1 Å². The molecule has 6 rings (SSSR count). The number of carbonyl (C=O) groups excluding carboxylic acids is 1. The highest BCUT2D eigenvalue weighted by atomic mass is 16.6. The molecule has 0 saturated carbocycles. The predicted molar refractivity (Wildman–Crippen MR) is 167 cm³/mol. The molecule has 0 aliphatic carbocycles. The highest BCUT2D eigenvalue weighted by Crippen LogP contribution is 2.48. The van der Waals surface area contributed by atoms with Gasteiger partial charge in [0.2, 0.25) is 5.95 Å². The molecule has 11 nitrogen and oxygen atoms in total. The number of ether oxygens (including phenoxy) is 2. The average molecular weight is 587 g/mol. The van der Waals surface area contributed by atoms with Crippen LogP contribution in [0.2, 0.25) is 0 Å². The zero-order valence-corrected chi connectivity index (χ0v) is 26.2. The van der Waals surface area contributed by atoms with Crippen LogP contribution in [0.25, 0.3) is 0 Å². The first-order valence-corrected chi connectivity index (χ1v) is 15.1. The highest BCUT2D eigenvalue weighted by molar-refractivity contribution is 5.89. The summed E-state index contributed by atoms with van der Waals surface area (Å²) < 4.78 is 11.6. The standard InChI is InChI=1S/C32H42N8O3/c1-20-18-42-30(41)39(20)26-9-8-10-27(36-26)40-21(2)32(6,19-43-31(3,4)5)24-16-34-29(37-28(24)40)35-23-11-12-25(33-15-23)22-13-14-38(7)17-22/h8-12,15-16,20-22H,13-14,17-19H2,1-7H3,(H,34,35,37)/t20-,21-,22-,32+/m0/s1. The highest BCUT2D eigenvalue weighted by Gasteiger charge is 2.49. The molecular weight excluding hydrogens is 544 g/mol. The van der Waals surface area contributed by atoms with E-state index in [9.17, 15) is 4.79 Å². The smallest absolute Gasteiger partial charge is 0.415 e. The average Bonchev–Trinajstić information content (AvgIpc) is 3.62. The van der Waals surface area contributed by atoms with Crippen molar-refractivity contribution >= 4 is 35.2 Å². The fraction of sp³-hybridized carbons (Fsp3) is 0.531. The Hall–Kier alpha value is -3.83. The molecule has 3 aromatic rings. The minimum atomic E-state index is -0.420. The van der Waals surface area contributed by atoms with Crippen molar-refractivity contribution in [2.75, 3.05) is 48.5 Å². The van der Waals surface area contributed by atoms with Gasteiger partial charge in [0.25, 0.3) is 0 Å². The van der Waals surface area contributed by atoms with Crippen molar-refractivity contribution in [3.63, 3.8) is 0 Å². The van der Waals surface area contributed by atoms with E-state index in [-0.39, 0.29) is 23.8 Å². The van der Waals surface area contributed by atoms with Gasteiger partial charge < -0.3 is 24.6 Å². The van der Waals surface area contributed by atoms with E-state index < -0.39 is 5.41 Å². The molecule has 6 heterocycles. The number of nitrogens with one attached hydrogen (secondary N) is 1. The van der Waals surface area contributed by atoms with Gasteiger partial charge in [-0.15, -0.1) is 0 Å². The first-order valence-electron chi connectivity index (χ1n) is 15.1. The van der Waals surface area contributed by atoms with E-state index in [2.05, 4.69) is 62.8 Å². The number of pyridine rings is 2.